The van der Waals surface area contributed by atoms with E-state index in [4.69, 9.17) is 4.74 Å². The van der Waals surface area contributed by atoms with Gasteiger partial charge < -0.3 is 20.1 Å². The number of carboxylic acid groups (broad SMARTS) is 1. The molecule has 1 aliphatic heterocycles. The molecule has 1 aliphatic rings. The molecule has 0 aromatic carbocycles. The second-order valence-corrected chi connectivity index (χ2v) is 7.59. The smallest absolute Gasteiger partial charge is 0.407 e. The van der Waals surface area contributed by atoms with Crippen molar-refractivity contribution in [2.45, 2.75) is 64.5 Å². The van der Waals surface area contributed by atoms with Crippen LogP contribution in [-0.2, 0) is 4.74 Å². The average Bonchev–Trinajstić information content (AvgIpc) is 2.59. The van der Waals surface area contributed by atoms with Crippen LogP contribution in [0.1, 0.15) is 63.9 Å². The highest BCUT2D eigenvalue weighted by Crippen LogP contribution is 2.33. The molecule has 0 aliphatic carbocycles. The molecule has 2 N–H and O–H groups in total. The van der Waals surface area contributed by atoms with E-state index in [0.29, 0.717) is 19.0 Å². The fourth-order valence-corrected chi connectivity index (χ4v) is 3.23. The first-order valence-electron chi connectivity index (χ1n) is 8.98. The summed E-state index contributed by atoms with van der Waals surface area (Å²) in [4.78, 5) is 33.8. The van der Waals surface area contributed by atoms with Crippen LogP contribution in [0, 0.1) is 0 Å². The summed E-state index contributed by atoms with van der Waals surface area (Å²) in [5.74, 6) is -0.697. The highest BCUT2D eigenvalue weighted by molar-refractivity contribution is 5.85. The molecule has 1 unspecified atom stereocenters. The molecule has 1 amide bonds. The zero-order valence-corrected chi connectivity index (χ0v) is 15.9. The maximum atomic E-state index is 12.1. The van der Waals surface area contributed by atoms with Crippen molar-refractivity contribution >= 4 is 18.0 Å². The number of amides is 1. The van der Waals surface area contributed by atoms with E-state index < -0.39 is 17.7 Å². The van der Waals surface area contributed by atoms with E-state index in [0.717, 1.165) is 25.7 Å². The zero-order valence-electron chi connectivity index (χ0n) is 15.9. The minimum atomic E-state index is -1.08. The minimum absolute atomic E-state index is 0.0364. The van der Waals surface area contributed by atoms with Crippen molar-refractivity contribution in [3.8, 4) is 0 Å². The lowest BCUT2D eigenvalue weighted by molar-refractivity contribution is 0.0508. The number of anilines is 1. The third-order valence-corrected chi connectivity index (χ3v) is 4.57. The molecule has 8 nitrogen and oxygen atoms in total. The highest BCUT2D eigenvalue weighted by Gasteiger charge is 2.39. The van der Waals surface area contributed by atoms with Gasteiger partial charge in [0.2, 0.25) is 5.95 Å². The average molecular weight is 364 g/mol. The molecule has 144 valence electrons. The lowest BCUT2D eigenvalue weighted by Crippen LogP contribution is -2.59. The molecule has 1 atom stereocenters. The van der Waals surface area contributed by atoms with Gasteiger partial charge in [-0.1, -0.05) is 6.92 Å². The fourth-order valence-electron chi connectivity index (χ4n) is 3.23. The maximum absolute atomic E-state index is 12.1. The summed E-state index contributed by atoms with van der Waals surface area (Å²) in [7, 11) is 0. The summed E-state index contributed by atoms with van der Waals surface area (Å²) in [6.07, 6.45) is 4.62. The quantitative estimate of drug-likeness (QED) is 0.827. The van der Waals surface area contributed by atoms with Crippen molar-refractivity contribution in [2.75, 3.05) is 18.0 Å². The summed E-state index contributed by atoms with van der Waals surface area (Å²) >= 11 is 0. The number of aromatic carboxylic acids is 1. The Bertz CT molecular complexity index is 659. The molecule has 1 aromatic rings. The lowest BCUT2D eigenvalue weighted by Gasteiger charge is -2.47. The van der Waals surface area contributed by atoms with Crippen molar-refractivity contribution in [1.29, 1.82) is 0 Å². The molecule has 1 saturated heterocycles. The van der Waals surface area contributed by atoms with Crippen molar-refractivity contribution in [2.24, 2.45) is 0 Å². The second-order valence-electron chi connectivity index (χ2n) is 7.59. The fraction of sp³-hybridized carbons (Fsp3) is 0.667. The van der Waals surface area contributed by atoms with Crippen LogP contribution in [0.5, 0.6) is 0 Å². The Labute approximate surface area is 154 Å². The van der Waals surface area contributed by atoms with Gasteiger partial charge in [-0.3, -0.25) is 0 Å². The molecule has 0 bridgehead atoms. The van der Waals surface area contributed by atoms with Crippen LogP contribution < -0.4 is 10.2 Å². The zero-order chi connectivity index (χ0) is 19.4. The summed E-state index contributed by atoms with van der Waals surface area (Å²) in [6, 6.07) is 1.38. The van der Waals surface area contributed by atoms with Gasteiger partial charge in [0.15, 0.2) is 5.69 Å². The van der Waals surface area contributed by atoms with Crippen LogP contribution in [0.25, 0.3) is 0 Å². The van der Waals surface area contributed by atoms with Crippen LogP contribution in [0.4, 0.5) is 10.7 Å². The summed E-state index contributed by atoms with van der Waals surface area (Å²) in [6.45, 7) is 8.61. The molecule has 2 heterocycles. The third kappa shape index (κ3) is 4.83. The van der Waals surface area contributed by atoms with Gasteiger partial charge in [0, 0.05) is 19.3 Å². The molecule has 26 heavy (non-hydrogen) atoms. The third-order valence-electron chi connectivity index (χ3n) is 4.57. The summed E-state index contributed by atoms with van der Waals surface area (Å²) < 4.78 is 5.33. The number of ether oxygens (including phenoxy) is 1. The van der Waals surface area contributed by atoms with Gasteiger partial charge >= 0.3 is 12.1 Å². The SMILES string of the molecule is CCC1(CNC(=O)OC(C)(C)C)CCCCN1c1nccc(C(=O)O)n1. The maximum Gasteiger partial charge on any atom is 0.407 e. The number of hydrogen-bond acceptors (Lipinski definition) is 6. The molecule has 1 aromatic heterocycles. The van der Waals surface area contributed by atoms with Gasteiger partial charge in [-0.2, -0.15) is 0 Å². The van der Waals surface area contributed by atoms with Gasteiger partial charge in [-0.25, -0.2) is 19.6 Å². The first kappa shape index (κ1) is 19.9. The Balaban J connectivity index is 2.22. The van der Waals surface area contributed by atoms with Gasteiger partial charge in [-0.05, 0) is 52.5 Å². The van der Waals surface area contributed by atoms with E-state index in [1.165, 1.54) is 12.3 Å². The first-order chi connectivity index (χ1) is 12.2. The van der Waals surface area contributed by atoms with Crippen LogP contribution >= 0.6 is 0 Å². The number of nitrogens with one attached hydrogen (secondary N) is 1. The number of carbonyl (C=O) groups excluding carboxylic acids is 1. The molecule has 0 radical (unpaired) electrons. The monoisotopic (exact) mass is 364 g/mol. The Hall–Kier alpha value is -2.38. The number of carboxylic acids is 1. The van der Waals surface area contributed by atoms with E-state index in [-0.39, 0.29) is 11.2 Å². The van der Waals surface area contributed by atoms with E-state index in [2.05, 4.69) is 22.2 Å². The standard InChI is InChI=1S/C18H28N4O4/c1-5-18(12-20-16(25)26-17(2,3)4)9-6-7-11-22(18)15-19-10-8-13(21-15)14(23)24/h8,10H,5-7,9,11-12H2,1-4H3,(H,20,25)(H,23,24). The Morgan fingerprint density at radius 1 is 1.38 bits per heavy atom. The van der Waals surface area contributed by atoms with Crippen LogP contribution in [0.2, 0.25) is 0 Å². The number of carbonyl (C=O) groups is 2. The normalized spacial score (nSPS) is 20.5. The predicted molar refractivity (Wildman–Crippen MR) is 97.4 cm³/mol. The molecule has 0 saturated carbocycles. The molecule has 0 spiro atoms. The second kappa shape index (κ2) is 7.88. The Morgan fingerprint density at radius 3 is 2.73 bits per heavy atom. The predicted octanol–water partition coefficient (Wildman–Crippen LogP) is 2.84. The minimum Gasteiger partial charge on any atom is -0.477 e. The number of hydrogen-bond donors (Lipinski definition) is 2. The Morgan fingerprint density at radius 2 is 2.12 bits per heavy atom. The van der Waals surface area contributed by atoms with Gasteiger partial charge in [0.05, 0.1) is 5.54 Å². The van der Waals surface area contributed by atoms with E-state index in [1.807, 2.05) is 25.7 Å². The summed E-state index contributed by atoms with van der Waals surface area (Å²) in [5, 5.41) is 12.1. The largest absolute Gasteiger partial charge is 0.477 e. The van der Waals surface area contributed by atoms with Gasteiger partial charge in [0.1, 0.15) is 5.60 Å². The van der Waals surface area contributed by atoms with E-state index in [9.17, 15) is 14.7 Å². The van der Waals surface area contributed by atoms with Gasteiger partial charge in [-0.15, -0.1) is 0 Å². The highest BCUT2D eigenvalue weighted by atomic mass is 16.6. The van der Waals surface area contributed by atoms with Crippen molar-refractivity contribution < 1.29 is 19.4 Å². The van der Waals surface area contributed by atoms with Crippen molar-refractivity contribution in [3.05, 3.63) is 18.0 Å². The molecular formula is C18H28N4O4. The molecule has 2 rings (SSSR count). The lowest BCUT2D eigenvalue weighted by atomic mass is 9.84. The van der Waals surface area contributed by atoms with Crippen LogP contribution in [0.3, 0.4) is 0 Å². The topological polar surface area (TPSA) is 105 Å². The molecule has 8 heteroatoms. The van der Waals surface area contributed by atoms with Crippen LogP contribution in [0.15, 0.2) is 12.3 Å². The van der Waals surface area contributed by atoms with Crippen molar-refractivity contribution in [1.82, 2.24) is 15.3 Å². The first-order valence-corrected chi connectivity index (χ1v) is 8.98. The van der Waals surface area contributed by atoms with Crippen molar-refractivity contribution in [3.63, 3.8) is 0 Å². The number of nitrogens with zero attached hydrogens (tertiary/aromatic N) is 3. The number of rotatable bonds is 5. The van der Waals surface area contributed by atoms with E-state index >= 15 is 0 Å². The van der Waals surface area contributed by atoms with Gasteiger partial charge in [0.25, 0.3) is 0 Å². The molecular weight excluding hydrogens is 336 g/mol. The molecule has 1 fully saturated rings. The van der Waals surface area contributed by atoms with E-state index in [1.54, 1.807) is 0 Å². The Kier molecular flexibility index (Phi) is 6.05. The number of aromatic nitrogens is 2. The van der Waals surface area contributed by atoms with Crippen LogP contribution in [-0.4, -0.2) is 51.4 Å². The number of alkyl carbamates (subject to hydrolysis) is 1. The number of piperidine rings is 1. The summed E-state index contributed by atoms with van der Waals surface area (Å²) in [5.41, 5.74) is -0.966.